The van der Waals surface area contributed by atoms with Gasteiger partial charge in [-0.15, -0.1) is 0 Å². The van der Waals surface area contributed by atoms with E-state index in [1.807, 2.05) is 0 Å². The van der Waals surface area contributed by atoms with Gasteiger partial charge < -0.3 is 15.4 Å². The van der Waals surface area contributed by atoms with Crippen LogP contribution in [-0.4, -0.2) is 54.2 Å². The number of nitrogens with one attached hydrogen (secondary N) is 2. The molecule has 3 aliphatic rings. The molecule has 1 aromatic heterocycles. The standard InChI is InChI=1S/C31H25F2N5O5S/c1-44(41,42)19-12-13-20(23(33)15-19)27-24(31-38(37-27)17-10-11-18(14-17)43-31)29(39)36-28-30(40)35-26-21(8-5-9-22(26)32)25(34-28)16-6-3-2-4-7-16/h2-9,12-13,15,17-18,28H,10-11,14H2,1H3,(H,35,40)(H,36,39). The molecular formula is C31H25F2N5O5S. The van der Waals surface area contributed by atoms with Crippen molar-refractivity contribution in [2.45, 2.75) is 42.5 Å². The summed E-state index contributed by atoms with van der Waals surface area (Å²) in [5.74, 6) is -3.06. The Morgan fingerprint density at radius 3 is 2.57 bits per heavy atom. The maximum Gasteiger partial charge on any atom is 0.269 e. The summed E-state index contributed by atoms with van der Waals surface area (Å²) in [7, 11) is -3.70. The number of sulfone groups is 1. The summed E-state index contributed by atoms with van der Waals surface area (Å²) in [6.07, 6.45) is 1.46. The first-order chi connectivity index (χ1) is 21.1. The van der Waals surface area contributed by atoms with Gasteiger partial charge in [0.05, 0.1) is 22.3 Å². The number of nitrogens with zero attached hydrogens (tertiary/aromatic N) is 3. The summed E-state index contributed by atoms with van der Waals surface area (Å²) in [6.45, 7) is 0. The lowest BCUT2D eigenvalue weighted by Gasteiger charge is -2.23. The maximum atomic E-state index is 15.5. The Hall–Kier alpha value is -4.91. The van der Waals surface area contributed by atoms with Gasteiger partial charge in [0.25, 0.3) is 11.8 Å². The Morgan fingerprint density at radius 2 is 1.82 bits per heavy atom. The topological polar surface area (TPSA) is 132 Å². The fourth-order valence-corrected chi connectivity index (χ4v) is 6.55. The lowest BCUT2D eigenvalue weighted by molar-refractivity contribution is -0.117. The van der Waals surface area contributed by atoms with Crippen molar-refractivity contribution in [2.75, 3.05) is 11.6 Å². The van der Waals surface area contributed by atoms with E-state index >= 15 is 4.39 Å². The number of anilines is 1. The summed E-state index contributed by atoms with van der Waals surface area (Å²) in [4.78, 5) is 31.8. The molecule has 10 nitrogen and oxygen atoms in total. The second kappa shape index (κ2) is 10.4. The van der Waals surface area contributed by atoms with Crippen LogP contribution >= 0.6 is 0 Å². The van der Waals surface area contributed by atoms with E-state index in [4.69, 9.17) is 4.74 Å². The minimum absolute atomic E-state index is 0.0711. The number of halogens is 2. The zero-order chi connectivity index (χ0) is 30.7. The average molecular weight is 618 g/mol. The number of carbonyl (C=O) groups excluding carboxylic acids is 2. The molecule has 2 amide bonds. The van der Waals surface area contributed by atoms with Crippen LogP contribution in [0.2, 0.25) is 0 Å². The molecule has 224 valence electrons. The molecular weight excluding hydrogens is 592 g/mol. The highest BCUT2D eigenvalue weighted by Gasteiger charge is 2.41. The lowest BCUT2D eigenvalue weighted by atomic mass is 10.0. The maximum absolute atomic E-state index is 15.5. The smallest absolute Gasteiger partial charge is 0.269 e. The monoisotopic (exact) mass is 617 g/mol. The molecule has 3 heterocycles. The van der Waals surface area contributed by atoms with Crippen LogP contribution in [0.5, 0.6) is 5.88 Å². The third kappa shape index (κ3) is 4.73. The fraction of sp³-hybridized carbons (Fsp3) is 0.226. The molecule has 13 heteroatoms. The molecule has 3 unspecified atom stereocenters. The molecule has 7 rings (SSSR count). The van der Waals surface area contributed by atoms with Gasteiger partial charge in [0.1, 0.15) is 29.0 Å². The number of aliphatic imine (C=N–C) groups is 1. The van der Waals surface area contributed by atoms with Crippen molar-refractivity contribution in [3.8, 4) is 17.1 Å². The number of benzene rings is 3. The van der Waals surface area contributed by atoms with Crippen molar-refractivity contribution < 1.29 is 31.5 Å². The molecule has 1 fully saturated rings. The summed E-state index contributed by atoms with van der Waals surface area (Å²) >= 11 is 0. The Balaban J connectivity index is 1.33. The zero-order valence-corrected chi connectivity index (χ0v) is 24.1. The molecule has 2 bridgehead atoms. The van der Waals surface area contributed by atoms with Crippen LogP contribution in [0.15, 0.2) is 76.6 Å². The van der Waals surface area contributed by atoms with Gasteiger partial charge in [0.2, 0.25) is 12.0 Å². The Bertz CT molecular complexity index is 1990. The van der Waals surface area contributed by atoms with E-state index in [1.165, 1.54) is 24.3 Å². The third-order valence-corrected chi connectivity index (χ3v) is 9.15. The number of hydrogen-bond donors (Lipinski definition) is 2. The zero-order valence-electron chi connectivity index (χ0n) is 23.3. The van der Waals surface area contributed by atoms with Crippen molar-refractivity contribution in [3.05, 3.63) is 95.1 Å². The number of rotatable bonds is 5. The predicted molar refractivity (Wildman–Crippen MR) is 156 cm³/mol. The first kappa shape index (κ1) is 27.9. The quantitative estimate of drug-likeness (QED) is 0.344. The Kier molecular flexibility index (Phi) is 6.57. The molecule has 3 atom stereocenters. The summed E-state index contributed by atoms with van der Waals surface area (Å²) in [5, 5.41) is 9.73. The molecule has 0 radical (unpaired) electrons. The van der Waals surface area contributed by atoms with Gasteiger partial charge in [0, 0.05) is 29.4 Å². The number of aromatic nitrogens is 2. The van der Waals surface area contributed by atoms with Crippen LogP contribution in [0.25, 0.3) is 11.3 Å². The van der Waals surface area contributed by atoms with E-state index < -0.39 is 39.5 Å². The van der Waals surface area contributed by atoms with Gasteiger partial charge in [-0.1, -0.05) is 42.5 Å². The summed E-state index contributed by atoms with van der Waals surface area (Å²) in [6, 6.07) is 16.4. The van der Waals surface area contributed by atoms with E-state index in [9.17, 15) is 22.4 Å². The van der Waals surface area contributed by atoms with Gasteiger partial charge in [-0.25, -0.2) is 26.9 Å². The molecule has 1 aliphatic carbocycles. The Labute approximate surface area is 250 Å². The van der Waals surface area contributed by atoms with Crippen molar-refractivity contribution in [3.63, 3.8) is 0 Å². The molecule has 2 N–H and O–H groups in total. The number of ether oxygens (including phenoxy) is 1. The minimum atomic E-state index is -3.70. The van der Waals surface area contributed by atoms with E-state index in [-0.39, 0.29) is 51.1 Å². The van der Waals surface area contributed by atoms with Gasteiger partial charge in [-0.05, 0) is 37.1 Å². The highest BCUT2D eigenvalue weighted by atomic mass is 32.2. The second-order valence-electron chi connectivity index (χ2n) is 11.0. The largest absolute Gasteiger partial charge is 0.474 e. The first-order valence-corrected chi connectivity index (χ1v) is 15.8. The highest BCUT2D eigenvalue weighted by molar-refractivity contribution is 7.90. The van der Waals surface area contributed by atoms with Crippen molar-refractivity contribution in [1.82, 2.24) is 15.1 Å². The molecule has 0 spiro atoms. The van der Waals surface area contributed by atoms with E-state index in [1.54, 1.807) is 41.1 Å². The normalized spacial score (nSPS) is 20.5. The lowest BCUT2D eigenvalue weighted by Crippen LogP contribution is -2.42. The van der Waals surface area contributed by atoms with E-state index in [0.29, 0.717) is 17.5 Å². The number of para-hydroxylation sites is 1. The van der Waals surface area contributed by atoms with Crippen LogP contribution < -0.4 is 15.4 Å². The molecule has 4 aromatic rings. The van der Waals surface area contributed by atoms with Crippen LogP contribution in [0.3, 0.4) is 0 Å². The predicted octanol–water partition coefficient (Wildman–Crippen LogP) is 4.26. The fourth-order valence-electron chi connectivity index (χ4n) is 5.91. The molecule has 44 heavy (non-hydrogen) atoms. The van der Waals surface area contributed by atoms with Crippen molar-refractivity contribution in [2.24, 2.45) is 4.99 Å². The van der Waals surface area contributed by atoms with Gasteiger partial charge in [-0.2, -0.15) is 5.10 Å². The van der Waals surface area contributed by atoms with Crippen LogP contribution in [0, 0.1) is 11.6 Å². The highest BCUT2D eigenvalue weighted by Crippen LogP contribution is 2.44. The van der Waals surface area contributed by atoms with Crippen LogP contribution in [0.4, 0.5) is 14.5 Å². The van der Waals surface area contributed by atoms with Gasteiger partial charge >= 0.3 is 0 Å². The third-order valence-electron chi connectivity index (χ3n) is 8.04. The number of carbonyl (C=O) groups is 2. The summed E-state index contributed by atoms with van der Waals surface area (Å²) < 4.78 is 62.1. The molecule has 2 aliphatic heterocycles. The molecule has 1 saturated carbocycles. The minimum Gasteiger partial charge on any atom is -0.474 e. The van der Waals surface area contributed by atoms with Crippen molar-refractivity contribution >= 4 is 33.1 Å². The first-order valence-electron chi connectivity index (χ1n) is 13.9. The number of benzodiazepines with no additional fused rings is 1. The molecule has 0 saturated heterocycles. The Morgan fingerprint density at radius 1 is 1.02 bits per heavy atom. The SMILES string of the molecule is CS(=O)(=O)c1ccc(-c2nn3c(c2C(=O)NC2N=C(c4ccccc4)c4cccc(F)c4NC2=O)OC2CCC3C2)c(F)c1. The number of fused-ring (bicyclic) bond motifs is 5. The van der Waals surface area contributed by atoms with E-state index in [0.717, 1.165) is 25.2 Å². The van der Waals surface area contributed by atoms with Crippen molar-refractivity contribution in [1.29, 1.82) is 0 Å². The number of amides is 2. The van der Waals surface area contributed by atoms with Crippen LogP contribution in [0.1, 0.15) is 46.8 Å². The summed E-state index contributed by atoms with van der Waals surface area (Å²) in [5.41, 5.74) is 0.816. The van der Waals surface area contributed by atoms with E-state index in [2.05, 4.69) is 20.7 Å². The average Bonchev–Trinajstić information content (AvgIpc) is 3.54. The van der Waals surface area contributed by atoms with Crippen LogP contribution in [-0.2, 0) is 14.6 Å². The second-order valence-corrected chi connectivity index (χ2v) is 13.0. The molecule has 3 aromatic carbocycles. The van der Waals surface area contributed by atoms with Gasteiger partial charge in [-0.3, -0.25) is 9.59 Å². The van der Waals surface area contributed by atoms with Gasteiger partial charge in [0.15, 0.2) is 9.84 Å². The number of hydrogen-bond acceptors (Lipinski definition) is 7.